The van der Waals surface area contributed by atoms with Crippen LogP contribution < -0.4 is 0 Å². The van der Waals surface area contributed by atoms with Crippen LogP contribution in [0.1, 0.15) is 55.4 Å². The predicted octanol–water partition coefficient (Wildman–Crippen LogP) is 5.86. The van der Waals surface area contributed by atoms with Crippen molar-refractivity contribution in [3.63, 3.8) is 0 Å². The summed E-state index contributed by atoms with van der Waals surface area (Å²) in [6.07, 6.45) is 2.16. The Labute approximate surface area is 161 Å². The van der Waals surface area contributed by atoms with Gasteiger partial charge in [-0.2, -0.15) is 4.90 Å². The van der Waals surface area contributed by atoms with Crippen molar-refractivity contribution in [1.82, 2.24) is 4.90 Å². The molecule has 0 aromatic heterocycles. The summed E-state index contributed by atoms with van der Waals surface area (Å²) in [4.78, 5) is 26.0. The SMILES string of the molecule is CCOP(=O)(OCC)/C(=C/C(C)(C)C)N(C(=O)OC(C)(C)C)C(=O)SC. The van der Waals surface area contributed by atoms with Crippen molar-refractivity contribution in [3.05, 3.63) is 11.5 Å². The normalized spacial score (nSPS) is 13.5. The van der Waals surface area contributed by atoms with E-state index in [0.717, 1.165) is 16.7 Å². The molecule has 0 unspecified atom stereocenters. The molecule has 0 heterocycles. The lowest BCUT2D eigenvalue weighted by Crippen LogP contribution is -2.39. The lowest BCUT2D eigenvalue weighted by molar-refractivity contribution is 0.0388. The first-order valence-electron chi connectivity index (χ1n) is 8.44. The van der Waals surface area contributed by atoms with Crippen molar-refractivity contribution < 1.29 is 27.9 Å². The van der Waals surface area contributed by atoms with Gasteiger partial charge in [0.25, 0.3) is 5.24 Å². The summed E-state index contributed by atoms with van der Waals surface area (Å²) in [5.41, 5.74) is -1.46. The zero-order valence-corrected chi connectivity index (χ0v) is 19.0. The minimum absolute atomic E-state index is 0.0916. The number of hydrogen-bond acceptors (Lipinski definition) is 7. The van der Waals surface area contributed by atoms with Crippen LogP contribution in [0.4, 0.5) is 9.59 Å². The van der Waals surface area contributed by atoms with Gasteiger partial charge in [0.15, 0.2) is 0 Å². The predicted molar refractivity (Wildman–Crippen MR) is 105 cm³/mol. The Kier molecular flexibility index (Phi) is 9.61. The Balaban J connectivity index is 6.46. The molecule has 0 N–H and O–H groups in total. The molecule has 0 aliphatic rings. The molecule has 9 heteroatoms. The number of carbonyl (C=O) groups is 2. The molecule has 0 aliphatic heterocycles. The maximum absolute atomic E-state index is 13.4. The lowest BCUT2D eigenvalue weighted by Gasteiger charge is -2.31. The summed E-state index contributed by atoms with van der Waals surface area (Å²) in [6, 6.07) is 0. The number of nitrogens with zero attached hydrogens (tertiary/aromatic N) is 1. The number of hydrogen-bond donors (Lipinski definition) is 0. The van der Waals surface area contributed by atoms with Gasteiger partial charge in [0.1, 0.15) is 11.0 Å². The van der Waals surface area contributed by atoms with Crippen LogP contribution in [0.15, 0.2) is 11.5 Å². The Morgan fingerprint density at radius 2 is 1.50 bits per heavy atom. The molecule has 0 aromatic carbocycles. The number of allylic oxidation sites excluding steroid dienone is 1. The fourth-order valence-electron chi connectivity index (χ4n) is 1.82. The van der Waals surface area contributed by atoms with Gasteiger partial charge in [-0.3, -0.25) is 9.36 Å². The largest absolute Gasteiger partial charge is 0.443 e. The fraction of sp³-hybridized carbons (Fsp3) is 0.765. The Hall–Kier alpha value is -0.820. The van der Waals surface area contributed by atoms with E-state index in [2.05, 4.69) is 0 Å². The maximum Gasteiger partial charge on any atom is 0.422 e. The number of amides is 2. The van der Waals surface area contributed by atoms with Crippen LogP contribution in [0.5, 0.6) is 0 Å². The molecule has 0 atom stereocenters. The van der Waals surface area contributed by atoms with E-state index in [1.807, 2.05) is 20.8 Å². The van der Waals surface area contributed by atoms with Crippen LogP contribution >= 0.6 is 19.4 Å². The number of thioether (sulfide) groups is 1. The summed E-state index contributed by atoms with van der Waals surface area (Å²) >= 11 is 0.807. The van der Waals surface area contributed by atoms with E-state index < -0.39 is 29.9 Å². The minimum Gasteiger partial charge on any atom is -0.443 e. The van der Waals surface area contributed by atoms with Gasteiger partial charge >= 0.3 is 13.7 Å². The molecular weight excluding hydrogens is 377 g/mol. The molecule has 2 amide bonds. The van der Waals surface area contributed by atoms with E-state index in [-0.39, 0.29) is 18.7 Å². The standard InChI is InChI=1S/C17H32NO6PS/c1-10-22-25(21,23-11-2)13(12-16(3,4)5)18(15(20)26-9)14(19)24-17(6,7)8/h12H,10-11H2,1-9H3/b13-12+. The van der Waals surface area contributed by atoms with Crippen molar-refractivity contribution in [3.8, 4) is 0 Å². The molecule has 0 radical (unpaired) electrons. The van der Waals surface area contributed by atoms with Gasteiger partial charge in [-0.15, -0.1) is 0 Å². The third kappa shape index (κ3) is 8.25. The zero-order valence-electron chi connectivity index (χ0n) is 17.2. The molecular formula is C17H32NO6PS. The highest BCUT2D eigenvalue weighted by Crippen LogP contribution is 2.58. The summed E-state index contributed by atoms with van der Waals surface area (Å²) in [5, 5.41) is -0.630. The lowest BCUT2D eigenvalue weighted by atomic mass is 9.97. The van der Waals surface area contributed by atoms with E-state index in [1.54, 1.807) is 40.7 Å². The average Bonchev–Trinajstić information content (AvgIpc) is 2.43. The zero-order chi connectivity index (χ0) is 20.8. The second kappa shape index (κ2) is 9.93. The van der Waals surface area contributed by atoms with Gasteiger partial charge in [0.05, 0.1) is 13.2 Å². The van der Waals surface area contributed by atoms with Crippen LogP contribution in [-0.2, 0) is 18.3 Å². The summed E-state index contributed by atoms with van der Waals surface area (Å²) in [5.74, 6) is 0. The summed E-state index contributed by atoms with van der Waals surface area (Å²) < 4.78 is 29.5. The topological polar surface area (TPSA) is 82.1 Å². The first-order valence-corrected chi connectivity index (χ1v) is 11.2. The van der Waals surface area contributed by atoms with Crippen LogP contribution in [0.25, 0.3) is 0 Å². The van der Waals surface area contributed by atoms with E-state index in [1.165, 1.54) is 6.26 Å². The Bertz CT molecular complexity index is 567. The second-order valence-electron chi connectivity index (χ2n) is 7.49. The molecule has 0 bridgehead atoms. The van der Waals surface area contributed by atoms with Crippen molar-refractivity contribution >= 4 is 30.7 Å². The van der Waals surface area contributed by atoms with Gasteiger partial charge < -0.3 is 13.8 Å². The fourth-order valence-corrected chi connectivity index (χ4v) is 4.23. The Morgan fingerprint density at radius 1 is 1.04 bits per heavy atom. The quantitative estimate of drug-likeness (QED) is 0.508. The van der Waals surface area contributed by atoms with Crippen molar-refractivity contribution in [2.45, 2.75) is 61.0 Å². The average molecular weight is 409 g/mol. The van der Waals surface area contributed by atoms with E-state index >= 15 is 0 Å². The monoisotopic (exact) mass is 409 g/mol. The maximum atomic E-state index is 13.4. The van der Waals surface area contributed by atoms with Gasteiger partial charge in [-0.25, -0.2) is 4.79 Å². The molecule has 0 aliphatic carbocycles. The van der Waals surface area contributed by atoms with Gasteiger partial charge in [0.2, 0.25) is 0 Å². The first-order chi connectivity index (χ1) is 11.7. The van der Waals surface area contributed by atoms with E-state index in [4.69, 9.17) is 13.8 Å². The van der Waals surface area contributed by atoms with E-state index in [0.29, 0.717) is 0 Å². The molecule has 0 spiro atoms. The highest BCUT2D eigenvalue weighted by molar-refractivity contribution is 8.13. The first kappa shape index (κ1) is 25.2. The summed E-state index contributed by atoms with van der Waals surface area (Å²) in [6.45, 7) is 14.1. The number of ether oxygens (including phenoxy) is 1. The molecule has 0 saturated heterocycles. The number of carbonyl (C=O) groups excluding carboxylic acids is 2. The minimum atomic E-state index is -3.92. The van der Waals surface area contributed by atoms with Gasteiger partial charge in [0, 0.05) is 0 Å². The van der Waals surface area contributed by atoms with Crippen molar-refractivity contribution in [1.29, 1.82) is 0 Å². The Morgan fingerprint density at radius 3 is 1.81 bits per heavy atom. The highest BCUT2D eigenvalue weighted by Gasteiger charge is 2.42. The van der Waals surface area contributed by atoms with Crippen LogP contribution in [0.2, 0.25) is 0 Å². The van der Waals surface area contributed by atoms with Crippen molar-refractivity contribution in [2.24, 2.45) is 5.41 Å². The number of imide groups is 1. The highest BCUT2D eigenvalue weighted by atomic mass is 32.2. The molecule has 26 heavy (non-hydrogen) atoms. The third-order valence-corrected chi connectivity index (χ3v) is 5.22. The van der Waals surface area contributed by atoms with Crippen LogP contribution in [-0.4, -0.2) is 41.3 Å². The smallest absolute Gasteiger partial charge is 0.422 e. The second-order valence-corrected chi connectivity index (χ2v) is 10.2. The molecule has 0 saturated carbocycles. The van der Waals surface area contributed by atoms with Gasteiger partial charge in [-0.1, -0.05) is 32.5 Å². The van der Waals surface area contributed by atoms with Crippen LogP contribution in [0, 0.1) is 5.41 Å². The molecule has 0 aromatic rings. The number of rotatable bonds is 6. The van der Waals surface area contributed by atoms with E-state index in [9.17, 15) is 14.2 Å². The molecule has 0 fully saturated rings. The third-order valence-electron chi connectivity index (χ3n) is 2.60. The molecule has 7 nitrogen and oxygen atoms in total. The molecule has 152 valence electrons. The van der Waals surface area contributed by atoms with Crippen LogP contribution in [0.3, 0.4) is 0 Å². The molecule has 0 rings (SSSR count). The summed E-state index contributed by atoms with van der Waals surface area (Å²) in [7, 11) is -3.92. The van der Waals surface area contributed by atoms with Gasteiger partial charge in [-0.05, 0) is 52.4 Å². The van der Waals surface area contributed by atoms with Crippen molar-refractivity contribution in [2.75, 3.05) is 19.5 Å².